The quantitative estimate of drug-likeness (QED) is 0.749. The van der Waals surface area contributed by atoms with Gasteiger partial charge in [0, 0.05) is 18.1 Å². The molecule has 1 aliphatic heterocycles. The van der Waals surface area contributed by atoms with E-state index in [0.29, 0.717) is 18.5 Å². The van der Waals surface area contributed by atoms with E-state index in [1.165, 1.54) is 19.3 Å². The molecule has 0 aromatic carbocycles. The standard InChI is InChI=1S/C11H21N3/c1-9(7-8-12)13-14-10(2)5-4-6-11(14)3/h9-11,13H,4-7H2,1-3H3. The van der Waals surface area contributed by atoms with Crippen LogP contribution in [0.4, 0.5) is 0 Å². The Morgan fingerprint density at radius 1 is 1.43 bits per heavy atom. The summed E-state index contributed by atoms with van der Waals surface area (Å²) in [7, 11) is 0. The zero-order chi connectivity index (χ0) is 10.6. The summed E-state index contributed by atoms with van der Waals surface area (Å²) >= 11 is 0. The lowest BCUT2D eigenvalue weighted by molar-refractivity contribution is 0.0330. The molecule has 0 amide bonds. The van der Waals surface area contributed by atoms with Gasteiger partial charge in [-0.2, -0.15) is 5.26 Å². The first-order valence-electron chi connectivity index (χ1n) is 5.56. The minimum Gasteiger partial charge on any atom is -0.251 e. The SMILES string of the molecule is CC(CC#N)NN1C(C)CCCC1C. The Morgan fingerprint density at radius 3 is 2.50 bits per heavy atom. The van der Waals surface area contributed by atoms with Crippen LogP contribution in [0, 0.1) is 11.3 Å². The van der Waals surface area contributed by atoms with Gasteiger partial charge in [0.15, 0.2) is 0 Å². The van der Waals surface area contributed by atoms with E-state index >= 15 is 0 Å². The second kappa shape index (κ2) is 5.33. The molecular formula is C11H21N3. The van der Waals surface area contributed by atoms with E-state index in [1.54, 1.807) is 0 Å². The molecule has 80 valence electrons. The zero-order valence-electron chi connectivity index (χ0n) is 9.45. The van der Waals surface area contributed by atoms with Crippen LogP contribution in [-0.2, 0) is 0 Å². The highest BCUT2D eigenvalue weighted by molar-refractivity contribution is 4.81. The summed E-state index contributed by atoms with van der Waals surface area (Å²) < 4.78 is 0. The van der Waals surface area contributed by atoms with E-state index in [4.69, 9.17) is 5.26 Å². The second-order valence-corrected chi connectivity index (χ2v) is 4.43. The molecule has 0 radical (unpaired) electrons. The van der Waals surface area contributed by atoms with Gasteiger partial charge >= 0.3 is 0 Å². The molecule has 1 heterocycles. The smallest absolute Gasteiger partial charge is 0.0638 e. The van der Waals surface area contributed by atoms with Gasteiger partial charge in [0.1, 0.15) is 0 Å². The third-order valence-corrected chi connectivity index (χ3v) is 2.96. The summed E-state index contributed by atoms with van der Waals surface area (Å²) in [5.41, 5.74) is 3.43. The molecule has 1 rings (SSSR count). The number of piperidine rings is 1. The molecule has 3 heteroatoms. The third-order valence-electron chi connectivity index (χ3n) is 2.96. The van der Waals surface area contributed by atoms with Crippen molar-refractivity contribution in [3.63, 3.8) is 0 Å². The van der Waals surface area contributed by atoms with Crippen LogP contribution in [0.25, 0.3) is 0 Å². The fourth-order valence-electron chi connectivity index (χ4n) is 2.11. The van der Waals surface area contributed by atoms with Gasteiger partial charge in [-0.05, 0) is 33.6 Å². The van der Waals surface area contributed by atoms with Gasteiger partial charge in [0.05, 0.1) is 12.5 Å². The maximum atomic E-state index is 8.59. The van der Waals surface area contributed by atoms with Crippen LogP contribution in [0.15, 0.2) is 0 Å². The van der Waals surface area contributed by atoms with Crippen LogP contribution in [0.5, 0.6) is 0 Å². The molecule has 3 nitrogen and oxygen atoms in total. The molecule has 1 N–H and O–H groups in total. The summed E-state index contributed by atoms with van der Waals surface area (Å²) in [6, 6.07) is 3.66. The Morgan fingerprint density at radius 2 is 2.00 bits per heavy atom. The molecule has 1 aliphatic rings. The zero-order valence-corrected chi connectivity index (χ0v) is 9.45. The monoisotopic (exact) mass is 195 g/mol. The van der Waals surface area contributed by atoms with Crippen LogP contribution in [0.3, 0.4) is 0 Å². The molecule has 1 fully saturated rings. The Bertz CT molecular complexity index is 199. The Hall–Kier alpha value is -0.590. The molecule has 14 heavy (non-hydrogen) atoms. The van der Waals surface area contributed by atoms with Crippen molar-refractivity contribution in [2.75, 3.05) is 0 Å². The van der Waals surface area contributed by atoms with Crippen molar-refractivity contribution in [1.29, 1.82) is 5.26 Å². The second-order valence-electron chi connectivity index (χ2n) is 4.43. The molecule has 3 unspecified atom stereocenters. The molecule has 0 spiro atoms. The number of nitrogens with one attached hydrogen (secondary N) is 1. The van der Waals surface area contributed by atoms with Gasteiger partial charge in [-0.15, -0.1) is 0 Å². The van der Waals surface area contributed by atoms with Crippen molar-refractivity contribution in [2.24, 2.45) is 0 Å². The summed E-state index contributed by atoms with van der Waals surface area (Å²) in [5, 5.41) is 10.9. The topological polar surface area (TPSA) is 39.1 Å². The highest BCUT2D eigenvalue weighted by Gasteiger charge is 2.25. The maximum absolute atomic E-state index is 8.59. The summed E-state index contributed by atoms with van der Waals surface area (Å²) in [4.78, 5) is 0. The minimum atomic E-state index is 0.267. The molecule has 1 saturated heterocycles. The number of rotatable bonds is 3. The first kappa shape index (κ1) is 11.5. The lowest BCUT2D eigenvalue weighted by atomic mass is 10.00. The van der Waals surface area contributed by atoms with Crippen molar-refractivity contribution in [3.8, 4) is 6.07 Å². The Kier molecular flexibility index (Phi) is 4.37. The number of hydrogen-bond acceptors (Lipinski definition) is 3. The molecule has 0 saturated carbocycles. The third kappa shape index (κ3) is 2.97. The molecule has 0 bridgehead atoms. The minimum absolute atomic E-state index is 0.267. The lowest BCUT2D eigenvalue weighted by Crippen LogP contribution is -2.54. The highest BCUT2D eigenvalue weighted by atomic mass is 15.5. The highest BCUT2D eigenvalue weighted by Crippen LogP contribution is 2.20. The lowest BCUT2D eigenvalue weighted by Gasteiger charge is -2.40. The van der Waals surface area contributed by atoms with Crippen molar-refractivity contribution >= 4 is 0 Å². The maximum Gasteiger partial charge on any atom is 0.0638 e. The van der Waals surface area contributed by atoms with E-state index in [-0.39, 0.29) is 6.04 Å². The fraction of sp³-hybridized carbons (Fsp3) is 0.909. The van der Waals surface area contributed by atoms with E-state index < -0.39 is 0 Å². The average Bonchev–Trinajstić information content (AvgIpc) is 2.12. The number of nitrogens with zero attached hydrogens (tertiary/aromatic N) is 2. The molecule has 0 aromatic rings. The average molecular weight is 195 g/mol. The van der Waals surface area contributed by atoms with E-state index in [9.17, 15) is 0 Å². The predicted octanol–water partition coefficient (Wildman–Crippen LogP) is 2.06. The number of hydrogen-bond donors (Lipinski definition) is 1. The van der Waals surface area contributed by atoms with Crippen LogP contribution < -0.4 is 5.43 Å². The molecule has 3 atom stereocenters. The number of nitriles is 1. The van der Waals surface area contributed by atoms with Crippen molar-refractivity contribution in [3.05, 3.63) is 0 Å². The van der Waals surface area contributed by atoms with Crippen molar-refractivity contribution in [1.82, 2.24) is 10.4 Å². The summed E-state index contributed by atoms with van der Waals surface area (Å²) in [6.07, 6.45) is 4.43. The van der Waals surface area contributed by atoms with Gasteiger partial charge in [0.2, 0.25) is 0 Å². The van der Waals surface area contributed by atoms with Gasteiger partial charge in [0.25, 0.3) is 0 Å². The van der Waals surface area contributed by atoms with Crippen molar-refractivity contribution < 1.29 is 0 Å². The van der Waals surface area contributed by atoms with Crippen LogP contribution in [0.2, 0.25) is 0 Å². The van der Waals surface area contributed by atoms with E-state index in [1.807, 2.05) is 0 Å². The summed E-state index contributed by atoms with van der Waals surface area (Å²) in [6.45, 7) is 6.57. The van der Waals surface area contributed by atoms with E-state index in [0.717, 1.165) is 0 Å². The van der Waals surface area contributed by atoms with Gasteiger partial charge < -0.3 is 0 Å². The van der Waals surface area contributed by atoms with Crippen LogP contribution in [-0.4, -0.2) is 23.1 Å². The summed E-state index contributed by atoms with van der Waals surface area (Å²) in [5.74, 6) is 0. The van der Waals surface area contributed by atoms with Crippen molar-refractivity contribution in [2.45, 2.75) is 64.6 Å². The fourth-order valence-corrected chi connectivity index (χ4v) is 2.11. The van der Waals surface area contributed by atoms with Crippen LogP contribution in [0.1, 0.15) is 46.5 Å². The van der Waals surface area contributed by atoms with Crippen LogP contribution >= 0.6 is 0 Å². The molecule has 0 aromatic heterocycles. The Balaban J connectivity index is 2.44. The first-order valence-corrected chi connectivity index (χ1v) is 5.56. The largest absolute Gasteiger partial charge is 0.251 e. The first-order chi connectivity index (χ1) is 6.65. The van der Waals surface area contributed by atoms with E-state index in [2.05, 4.69) is 37.3 Å². The normalized spacial score (nSPS) is 31.0. The van der Waals surface area contributed by atoms with Gasteiger partial charge in [-0.25, -0.2) is 5.01 Å². The van der Waals surface area contributed by atoms with Gasteiger partial charge in [-0.1, -0.05) is 6.42 Å². The number of hydrazine groups is 1. The molecular weight excluding hydrogens is 174 g/mol. The predicted molar refractivity (Wildman–Crippen MR) is 57.4 cm³/mol. The van der Waals surface area contributed by atoms with Gasteiger partial charge in [-0.3, -0.25) is 5.43 Å². The molecule has 0 aliphatic carbocycles. The Labute approximate surface area is 87.1 Å².